The van der Waals surface area contributed by atoms with Gasteiger partial charge in [0.2, 0.25) is 11.7 Å². The molecule has 1 amide bonds. The van der Waals surface area contributed by atoms with Crippen molar-refractivity contribution in [1.82, 2.24) is 4.98 Å². The van der Waals surface area contributed by atoms with Crippen LogP contribution in [0.5, 0.6) is 0 Å². The Labute approximate surface area is 171 Å². The molecule has 0 bridgehead atoms. The average Bonchev–Trinajstić information content (AvgIpc) is 3.00. The average molecular weight is 416 g/mol. The number of rotatable bonds is 5. The van der Waals surface area contributed by atoms with Crippen molar-refractivity contribution in [2.24, 2.45) is 0 Å². The van der Waals surface area contributed by atoms with Gasteiger partial charge >= 0.3 is 11.9 Å². The number of carbonyl (C=O) groups is 4. The lowest BCUT2D eigenvalue weighted by molar-refractivity contribution is -0.113. The quantitative estimate of drug-likeness (QED) is 0.569. The lowest BCUT2D eigenvalue weighted by Crippen LogP contribution is -2.25. The highest BCUT2D eigenvalue weighted by molar-refractivity contribution is 8.00. The van der Waals surface area contributed by atoms with E-state index >= 15 is 0 Å². The van der Waals surface area contributed by atoms with E-state index in [1.165, 1.54) is 31.9 Å². The molecule has 0 spiro atoms. The fraction of sp³-hybridized carbons (Fsp3) is 0.300. The standard InChI is InChI=1S/C20H20N2O6S/c1-9-16(20(26)27-4)10(2)21-17(9)18(24)11(3)28-19(25)12-5-6-14-13(7-12)22-15(23)8-29-14/h5-7,11,21H,8H2,1-4H3,(H,22,23)/t11-/m1/s1. The van der Waals surface area contributed by atoms with E-state index < -0.39 is 23.8 Å². The molecule has 1 aromatic carbocycles. The Morgan fingerprint density at radius 3 is 2.59 bits per heavy atom. The molecule has 1 aliphatic heterocycles. The minimum absolute atomic E-state index is 0.143. The Bertz CT molecular complexity index is 1030. The molecule has 1 aliphatic rings. The highest BCUT2D eigenvalue weighted by Crippen LogP contribution is 2.32. The second-order valence-electron chi connectivity index (χ2n) is 6.58. The SMILES string of the molecule is COC(=O)c1c(C)[nH]c(C(=O)[C@@H](C)OC(=O)c2ccc3c(c2)NC(=O)CS3)c1C. The summed E-state index contributed by atoms with van der Waals surface area (Å²) in [6.45, 7) is 4.75. The number of ether oxygens (including phenoxy) is 2. The number of ketones is 1. The van der Waals surface area contributed by atoms with Crippen LogP contribution in [0.25, 0.3) is 0 Å². The van der Waals surface area contributed by atoms with Crippen LogP contribution in [0.15, 0.2) is 23.1 Å². The third-order valence-corrected chi connectivity index (χ3v) is 5.65. The summed E-state index contributed by atoms with van der Waals surface area (Å²) in [4.78, 5) is 52.4. The van der Waals surface area contributed by atoms with Gasteiger partial charge in [0.15, 0.2) is 6.10 Å². The molecule has 2 aromatic rings. The van der Waals surface area contributed by atoms with E-state index in [0.29, 0.717) is 22.7 Å². The zero-order valence-corrected chi connectivity index (χ0v) is 17.2. The van der Waals surface area contributed by atoms with E-state index in [4.69, 9.17) is 9.47 Å². The van der Waals surface area contributed by atoms with Gasteiger partial charge in [-0.25, -0.2) is 9.59 Å². The predicted molar refractivity (Wildman–Crippen MR) is 107 cm³/mol. The second-order valence-corrected chi connectivity index (χ2v) is 7.59. The van der Waals surface area contributed by atoms with Crippen molar-refractivity contribution in [3.05, 3.63) is 46.3 Å². The fourth-order valence-corrected chi connectivity index (χ4v) is 3.89. The number of anilines is 1. The molecular formula is C20H20N2O6S. The van der Waals surface area contributed by atoms with Crippen LogP contribution in [0.3, 0.4) is 0 Å². The Balaban J connectivity index is 1.77. The van der Waals surface area contributed by atoms with E-state index in [2.05, 4.69) is 10.3 Å². The predicted octanol–water partition coefficient (Wildman–Crippen LogP) is 2.89. The number of aryl methyl sites for hydroxylation is 1. The number of hydrogen-bond acceptors (Lipinski definition) is 7. The van der Waals surface area contributed by atoms with Gasteiger partial charge in [0.1, 0.15) is 0 Å². The summed E-state index contributed by atoms with van der Waals surface area (Å²) in [7, 11) is 1.26. The number of amides is 1. The van der Waals surface area contributed by atoms with Gasteiger partial charge < -0.3 is 19.8 Å². The van der Waals surface area contributed by atoms with Crippen molar-refractivity contribution in [2.75, 3.05) is 18.2 Å². The summed E-state index contributed by atoms with van der Waals surface area (Å²) in [5, 5.41) is 2.71. The van der Waals surface area contributed by atoms with E-state index in [0.717, 1.165) is 4.90 Å². The summed E-state index contributed by atoms with van der Waals surface area (Å²) in [6, 6.07) is 4.84. The van der Waals surface area contributed by atoms with Crippen LogP contribution < -0.4 is 5.32 Å². The van der Waals surface area contributed by atoms with Gasteiger partial charge in [0, 0.05) is 10.6 Å². The molecule has 0 radical (unpaired) electrons. The van der Waals surface area contributed by atoms with Crippen LogP contribution in [0, 0.1) is 13.8 Å². The molecule has 0 saturated carbocycles. The first-order valence-corrected chi connectivity index (χ1v) is 9.80. The Kier molecular flexibility index (Phi) is 5.78. The molecule has 2 N–H and O–H groups in total. The zero-order chi connectivity index (χ0) is 21.3. The van der Waals surface area contributed by atoms with Crippen molar-refractivity contribution in [2.45, 2.75) is 31.8 Å². The summed E-state index contributed by atoms with van der Waals surface area (Å²) in [5.41, 5.74) is 2.18. The van der Waals surface area contributed by atoms with E-state index in [1.807, 2.05) is 0 Å². The maximum absolute atomic E-state index is 12.8. The van der Waals surface area contributed by atoms with Gasteiger partial charge in [-0.05, 0) is 44.5 Å². The van der Waals surface area contributed by atoms with Crippen molar-refractivity contribution in [1.29, 1.82) is 0 Å². The number of Topliss-reactive ketones (excluding diaryl/α,β-unsaturated/α-hetero) is 1. The van der Waals surface area contributed by atoms with Crippen molar-refractivity contribution in [3.63, 3.8) is 0 Å². The lowest BCUT2D eigenvalue weighted by atomic mass is 10.1. The number of fused-ring (bicyclic) bond motifs is 1. The second kappa shape index (κ2) is 8.12. The Morgan fingerprint density at radius 1 is 1.17 bits per heavy atom. The normalized spacial score (nSPS) is 13.9. The molecule has 0 unspecified atom stereocenters. The van der Waals surface area contributed by atoms with Gasteiger partial charge in [-0.3, -0.25) is 9.59 Å². The molecule has 1 aromatic heterocycles. The highest BCUT2D eigenvalue weighted by Gasteiger charge is 2.28. The molecule has 29 heavy (non-hydrogen) atoms. The minimum Gasteiger partial charge on any atom is -0.465 e. The number of esters is 2. The van der Waals surface area contributed by atoms with E-state index in [-0.39, 0.29) is 22.7 Å². The maximum atomic E-state index is 12.8. The first-order valence-electron chi connectivity index (χ1n) is 8.82. The van der Waals surface area contributed by atoms with Gasteiger partial charge in [-0.1, -0.05) is 0 Å². The smallest absolute Gasteiger partial charge is 0.339 e. The summed E-state index contributed by atoms with van der Waals surface area (Å²) < 4.78 is 10.1. The summed E-state index contributed by atoms with van der Waals surface area (Å²) in [5.74, 6) is -1.52. The number of H-pyrrole nitrogens is 1. The summed E-state index contributed by atoms with van der Waals surface area (Å²) >= 11 is 1.38. The van der Waals surface area contributed by atoms with Crippen LogP contribution in [-0.2, 0) is 14.3 Å². The third-order valence-electron chi connectivity index (χ3n) is 4.57. The maximum Gasteiger partial charge on any atom is 0.339 e. The molecule has 1 atom stereocenters. The molecular weight excluding hydrogens is 396 g/mol. The minimum atomic E-state index is -1.08. The molecule has 9 heteroatoms. The third kappa shape index (κ3) is 4.04. The zero-order valence-electron chi connectivity index (χ0n) is 16.4. The number of thioether (sulfide) groups is 1. The van der Waals surface area contributed by atoms with Gasteiger partial charge in [-0.15, -0.1) is 11.8 Å². The molecule has 0 fully saturated rings. The fourth-order valence-electron chi connectivity index (χ4n) is 3.10. The molecule has 3 rings (SSSR count). The number of nitrogens with one attached hydrogen (secondary N) is 2. The van der Waals surface area contributed by atoms with Crippen LogP contribution in [-0.4, -0.2) is 47.6 Å². The first kappa shape index (κ1) is 20.7. The molecule has 152 valence electrons. The number of benzene rings is 1. The summed E-state index contributed by atoms with van der Waals surface area (Å²) in [6.07, 6.45) is -1.08. The highest BCUT2D eigenvalue weighted by atomic mass is 32.2. The number of carbonyl (C=O) groups excluding carboxylic acids is 4. The topological polar surface area (TPSA) is 115 Å². The van der Waals surface area contributed by atoms with Crippen LogP contribution in [0.1, 0.15) is 49.4 Å². The first-order chi connectivity index (χ1) is 13.7. The van der Waals surface area contributed by atoms with Gasteiger partial charge in [0.25, 0.3) is 0 Å². The van der Waals surface area contributed by atoms with Crippen molar-refractivity contribution in [3.8, 4) is 0 Å². The Morgan fingerprint density at radius 2 is 1.90 bits per heavy atom. The molecule has 0 saturated heterocycles. The van der Waals surface area contributed by atoms with E-state index in [9.17, 15) is 19.2 Å². The number of aromatic amines is 1. The number of methoxy groups -OCH3 is 1. The lowest BCUT2D eigenvalue weighted by Gasteiger charge is -2.17. The molecule has 8 nitrogen and oxygen atoms in total. The number of aromatic nitrogens is 1. The Hall–Kier alpha value is -3.07. The largest absolute Gasteiger partial charge is 0.465 e. The van der Waals surface area contributed by atoms with Crippen molar-refractivity contribution >= 4 is 41.1 Å². The van der Waals surface area contributed by atoms with Crippen LogP contribution >= 0.6 is 11.8 Å². The van der Waals surface area contributed by atoms with E-state index in [1.54, 1.807) is 26.0 Å². The van der Waals surface area contributed by atoms with Crippen LogP contribution in [0.4, 0.5) is 5.69 Å². The molecule has 0 aliphatic carbocycles. The van der Waals surface area contributed by atoms with Gasteiger partial charge in [-0.2, -0.15) is 0 Å². The van der Waals surface area contributed by atoms with Crippen LogP contribution in [0.2, 0.25) is 0 Å². The molecule has 2 heterocycles. The number of hydrogen-bond donors (Lipinski definition) is 2. The van der Waals surface area contributed by atoms with Crippen molar-refractivity contribution < 1.29 is 28.7 Å². The monoisotopic (exact) mass is 416 g/mol. The van der Waals surface area contributed by atoms with Gasteiger partial charge in [0.05, 0.1) is 35.4 Å².